The van der Waals surface area contributed by atoms with Gasteiger partial charge in [-0.15, -0.1) is 0 Å². The number of carbonyl (C=O) groups excluding carboxylic acids is 2. The Balaban J connectivity index is 1.58. The third kappa shape index (κ3) is 4.92. The van der Waals surface area contributed by atoms with Gasteiger partial charge in [-0.05, 0) is 11.1 Å². The molecule has 1 unspecified atom stereocenters. The van der Waals surface area contributed by atoms with Gasteiger partial charge in [0.2, 0.25) is 0 Å². The van der Waals surface area contributed by atoms with Crippen LogP contribution in [0.4, 0.5) is 0 Å². The molecule has 0 spiro atoms. The van der Waals surface area contributed by atoms with Crippen LogP contribution in [0.1, 0.15) is 50.5 Å². The number of rotatable bonds is 8. The second-order valence-corrected chi connectivity index (χ2v) is 9.20. The van der Waals surface area contributed by atoms with Crippen LogP contribution >= 0.6 is 0 Å². The molecule has 1 aliphatic heterocycles. The van der Waals surface area contributed by atoms with E-state index in [1.165, 1.54) is 0 Å². The Labute approximate surface area is 211 Å². The van der Waals surface area contributed by atoms with Gasteiger partial charge in [0.05, 0.1) is 18.1 Å². The van der Waals surface area contributed by atoms with Gasteiger partial charge in [0, 0.05) is 23.5 Å². The van der Waals surface area contributed by atoms with E-state index in [4.69, 9.17) is 4.74 Å². The number of hydrogen-bond donors (Lipinski definition) is 1. The lowest BCUT2D eigenvalue weighted by atomic mass is 9.75. The van der Waals surface area contributed by atoms with Crippen LogP contribution in [0.25, 0.3) is 0 Å². The van der Waals surface area contributed by atoms with E-state index in [1.807, 2.05) is 97.1 Å². The van der Waals surface area contributed by atoms with Gasteiger partial charge < -0.3 is 9.84 Å². The summed E-state index contributed by atoms with van der Waals surface area (Å²) < 4.78 is 6.55. The maximum atomic E-state index is 14.0. The SMILES string of the molecule is O=C(C[C@H]1[C@H](C(=O)c2ccccc2)[C@H](C(O)c2ccccc2)O[C@@H]1c1ccccc1)c1ccccc1. The van der Waals surface area contributed by atoms with E-state index in [1.54, 1.807) is 24.3 Å². The number of ketones is 2. The van der Waals surface area contributed by atoms with Crippen molar-refractivity contribution in [2.75, 3.05) is 0 Å². The molecule has 4 nitrogen and oxygen atoms in total. The zero-order valence-electron chi connectivity index (χ0n) is 19.8. The van der Waals surface area contributed by atoms with Gasteiger partial charge in [-0.1, -0.05) is 121 Å². The molecule has 4 heteroatoms. The highest BCUT2D eigenvalue weighted by atomic mass is 16.5. The van der Waals surface area contributed by atoms with Crippen LogP contribution in [0.3, 0.4) is 0 Å². The van der Waals surface area contributed by atoms with Crippen molar-refractivity contribution in [3.8, 4) is 0 Å². The van der Waals surface area contributed by atoms with Gasteiger partial charge in [-0.25, -0.2) is 0 Å². The lowest BCUT2D eigenvalue weighted by Gasteiger charge is -2.26. The van der Waals surface area contributed by atoms with Crippen molar-refractivity contribution in [1.82, 2.24) is 0 Å². The molecule has 36 heavy (non-hydrogen) atoms. The summed E-state index contributed by atoms with van der Waals surface area (Å²) in [5.74, 6) is -1.33. The maximum absolute atomic E-state index is 14.0. The molecule has 1 N–H and O–H groups in total. The lowest BCUT2D eigenvalue weighted by molar-refractivity contribution is -0.0476. The molecule has 1 heterocycles. The predicted molar refractivity (Wildman–Crippen MR) is 139 cm³/mol. The number of aliphatic hydroxyl groups is 1. The molecule has 5 rings (SSSR count). The molecule has 0 saturated carbocycles. The Morgan fingerprint density at radius 1 is 0.694 bits per heavy atom. The first-order chi connectivity index (χ1) is 17.6. The second kappa shape index (κ2) is 10.8. The molecule has 0 aromatic heterocycles. The minimum absolute atomic E-state index is 0.0501. The molecule has 180 valence electrons. The fourth-order valence-corrected chi connectivity index (χ4v) is 5.19. The first-order valence-corrected chi connectivity index (χ1v) is 12.2. The van der Waals surface area contributed by atoms with Crippen molar-refractivity contribution >= 4 is 11.6 Å². The summed E-state index contributed by atoms with van der Waals surface area (Å²) in [7, 11) is 0. The number of Topliss-reactive ketones (excluding diaryl/α,β-unsaturated/α-hetero) is 2. The fraction of sp³-hybridized carbons (Fsp3) is 0.188. The largest absolute Gasteiger partial charge is 0.386 e. The maximum Gasteiger partial charge on any atom is 0.169 e. The zero-order chi connectivity index (χ0) is 24.9. The summed E-state index contributed by atoms with van der Waals surface area (Å²) in [5, 5.41) is 11.5. The Hall–Kier alpha value is -3.86. The highest BCUT2D eigenvalue weighted by Gasteiger charge is 2.52. The highest BCUT2D eigenvalue weighted by Crippen LogP contribution is 2.49. The molecule has 0 bridgehead atoms. The molecule has 4 aromatic rings. The molecule has 1 aliphatic rings. The fourth-order valence-electron chi connectivity index (χ4n) is 5.19. The zero-order valence-corrected chi connectivity index (χ0v) is 19.8. The number of ether oxygens (including phenoxy) is 1. The van der Waals surface area contributed by atoms with E-state index >= 15 is 0 Å². The van der Waals surface area contributed by atoms with E-state index in [2.05, 4.69) is 0 Å². The van der Waals surface area contributed by atoms with Crippen LogP contribution in [0.2, 0.25) is 0 Å². The van der Waals surface area contributed by atoms with Crippen molar-refractivity contribution in [3.05, 3.63) is 144 Å². The van der Waals surface area contributed by atoms with E-state index in [-0.39, 0.29) is 18.0 Å². The standard InChI is InChI=1S/C32H28O4/c33-27(22-13-5-1-6-14-22)21-26-28(29(34)23-15-7-2-8-16-23)32(30(35)24-17-9-3-10-18-24)36-31(26)25-19-11-4-12-20-25/h1-20,26,28,30-32,35H,21H2/t26-,28+,30?,31+,32+/m0/s1. The lowest BCUT2D eigenvalue weighted by Crippen LogP contribution is -2.34. The van der Waals surface area contributed by atoms with Gasteiger partial charge in [-0.2, -0.15) is 0 Å². The Kier molecular flexibility index (Phi) is 7.17. The first kappa shape index (κ1) is 23.9. The van der Waals surface area contributed by atoms with Gasteiger partial charge in [-0.3, -0.25) is 9.59 Å². The average molecular weight is 477 g/mol. The first-order valence-electron chi connectivity index (χ1n) is 12.2. The quantitative estimate of drug-likeness (QED) is 0.305. The number of hydrogen-bond acceptors (Lipinski definition) is 4. The summed E-state index contributed by atoms with van der Waals surface area (Å²) in [6.45, 7) is 0. The van der Waals surface area contributed by atoms with Crippen LogP contribution < -0.4 is 0 Å². The summed E-state index contributed by atoms with van der Waals surface area (Å²) >= 11 is 0. The van der Waals surface area contributed by atoms with E-state index in [0.717, 1.165) is 5.56 Å². The van der Waals surface area contributed by atoms with Crippen molar-refractivity contribution in [2.24, 2.45) is 11.8 Å². The molecule has 1 saturated heterocycles. The third-order valence-electron chi connectivity index (χ3n) is 6.97. The van der Waals surface area contributed by atoms with Crippen molar-refractivity contribution in [1.29, 1.82) is 0 Å². The Morgan fingerprint density at radius 3 is 1.78 bits per heavy atom. The smallest absolute Gasteiger partial charge is 0.169 e. The molecule has 4 aromatic carbocycles. The Bertz CT molecular complexity index is 1290. The van der Waals surface area contributed by atoms with Crippen LogP contribution in [-0.4, -0.2) is 22.8 Å². The highest BCUT2D eigenvalue weighted by molar-refractivity contribution is 6.00. The summed E-state index contributed by atoms with van der Waals surface area (Å²) in [4.78, 5) is 27.4. The summed E-state index contributed by atoms with van der Waals surface area (Å²) in [5.41, 5.74) is 2.71. The normalized spacial score (nSPS) is 22.1. The molecule has 0 amide bonds. The monoisotopic (exact) mass is 476 g/mol. The van der Waals surface area contributed by atoms with Gasteiger partial charge in [0.15, 0.2) is 11.6 Å². The minimum atomic E-state index is -1.02. The van der Waals surface area contributed by atoms with Crippen LogP contribution in [0.15, 0.2) is 121 Å². The number of benzene rings is 4. The molecule has 0 aliphatic carbocycles. The third-order valence-corrected chi connectivity index (χ3v) is 6.97. The van der Waals surface area contributed by atoms with E-state index in [9.17, 15) is 14.7 Å². The van der Waals surface area contributed by atoms with Crippen molar-refractivity contribution in [2.45, 2.75) is 24.7 Å². The minimum Gasteiger partial charge on any atom is -0.386 e. The van der Waals surface area contributed by atoms with Crippen molar-refractivity contribution in [3.63, 3.8) is 0 Å². The van der Waals surface area contributed by atoms with Gasteiger partial charge >= 0.3 is 0 Å². The molecule has 5 atom stereocenters. The molecule has 0 radical (unpaired) electrons. The summed E-state index contributed by atoms with van der Waals surface area (Å²) in [6.07, 6.45) is -2.21. The Morgan fingerprint density at radius 2 is 1.19 bits per heavy atom. The van der Waals surface area contributed by atoms with E-state index in [0.29, 0.717) is 16.7 Å². The van der Waals surface area contributed by atoms with Gasteiger partial charge in [0.25, 0.3) is 0 Å². The second-order valence-electron chi connectivity index (χ2n) is 9.20. The number of aliphatic hydroxyl groups excluding tert-OH is 1. The van der Waals surface area contributed by atoms with Crippen LogP contribution in [-0.2, 0) is 4.74 Å². The number of carbonyl (C=O) groups is 2. The molecular weight excluding hydrogens is 448 g/mol. The predicted octanol–water partition coefficient (Wildman–Crippen LogP) is 6.25. The molecular formula is C32H28O4. The van der Waals surface area contributed by atoms with Crippen LogP contribution in [0, 0.1) is 11.8 Å². The topological polar surface area (TPSA) is 63.6 Å². The van der Waals surface area contributed by atoms with Gasteiger partial charge in [0.1, 0.15) is 6.10 Å². The van der Waals surface area contributed by atoms with Crippen molar-refractivity contribution < 1.29 is 19.4 Å². The molecule has 1 fully saturated rings. The average Bonchev–Trinajstić information content (AvgIpc) is 3.33. The van der Waals surface area contributed by atoms with Crippen LogP contribution in [0.5, 0.6) is 0 Å². The summed E-state index contributed by atoms with van der Waals surface area (Å²) in [6, 6.07) is 37.1. The van der Waals surface area contributed by atoms with E-state index < -0.39 is 30.1 Å².